The first-order valence-electron chi connectivity index (χ1n) is 13.2. The van der Waals surface area contributed by atoms with Crippen LogP contribution in [0.5, 0.6) is 0 Å². The van der Waals surface area contributed by atoms with E-state index in [1.165, 1.54) is 16.8 Å². The topological polar surface area (TPSA) is 75.8 Å². The number of amides is 1. The Labute approximate surface area is 218 Å². The number of rotatable bonds is 7. The predicted molar refractivity (Wildman–Crippen MR) is 147 cm³/mol. The van der Waals surface area contributed by atoms with Gasteiger partial charge in [0.1, 0.15) is 0 Å². The van der Waals surface area contributed by atoms with Crippen molar-refractivity contribution in [1.29, 1.82) is 0 Å². The Morgan fingerprint density at radius 2 is 1.59 bits per heavy atom. The van der Waals surface area contributed by atoms with E-state index in [2.05, 4.69) is 63.0 Å². The number of hydrogen-bond acceptors (Lipinski definition) is 6. The predicted octanol–water partition coefficient (Wildman–Crippen LogP) is 2.68. The number of carbonyl (C=O) groups excluding carboxylic acids is 1. The summed E-state index contributed by atoms with van der Waals surface area (Å²) in [6, 6.07) is 20.4. The second-order valence-corrected chi connectivity index (χ2v) is 10.0. The van der Waals surface area contributed by atoms with Gasteiger partial charge in [-0.1, -0.05) is 42.5 Å². The quantitative estimate of drug-likeness (QED) is 0.538. The summed E-state index contributed by atoms with van der Waals surface area (Å²) in [6.07, 6.45) is 1.28. The van der Waals surface area contributed by atoms with E-state index in [1.54, 1.807) is 6.07 Å². The van der Waals surface area contributed by atoms with Crippen LogP contribution in [0.2, 0.25) is 0 Å². The molecule has 2 aromatic carbocycles. The number of aromatic amines is 1. The summed E-state index contributed by atoms with van der Waals surface area (Å²) in [5, 5.41) is 0. The molecule has 3 heterocycles. The van der Waals surface area contributed by atoms with Gasteiger partial charge in [0.15, 0.2) is 0 Å². The Hall–Kier alpha value is -3.65. The minimum atomic E-state index is -0.125. The van der Waals surface area contributed by atoms with Crippen LogP contribution < -0.4 is 15.4 Å². The number of carbonyl (C=O) groups is 1. The molecule has 37 heavy (non-hydrogen) atoms. The van der Waals surface area contributed by atoms with E-state index < -0.39 is 0 Å². The van der Waals surface area contributed by atoms with Crippen LogP contribution in [0.15, 0.2) is 65.5 Å². The van der Waals surface area contributed by atoms with Gasteiger partial charge in [-0.25, -0.2) is 4.98 Å². The van der Waals surface area contributed by atoms with Gasteiger partial charge in [-0.05, 0) is 36.6 Å². The van der Waals surface area contributed by atoms with Crippen LogP contribution >= 0.6 is 0 Å². The average molecular weight is 501 g/mol. The van der Waals surface area contributed by atoms with Gasteiger partial charge in [-0.3, -0.25) is 19.5 Å². The van der Waals surface area contributed by atoms with Crippen LogP contribution in [0.1, 0.15) is 23.2 Å². The molecule has 8 heteroatoms. The lowest BCUT2D eigenvalue weighted by molar-refractivity contribution is -0.131. The summed E-state index contributed by atoms with van der Waals surface area (Å²) < 4.78 is 0. The molecule has 0 spiro atoms. The first-order valence-corrected chi connectivity index (χ1v) is 13.2. The second-order valence-electron chi connectivity index (χ2n) is 10.0. The van der Waals surface area contributed by atoms with Crippen molar-refractivity contribution in [3.8, 4) is 0 Å². The van der Waals surface area contributed by atoms with Gasteiger partial charge in [0.25, 0.3) is 5.56 Å². The zero-order chi connectivity index (χ0) is 25.6. The van der Waals surface area contributed by atoms with Gasteiger partial charge >= 0.3 is 0 Å². The number of benzene rings is 2. The molecule has 0 saturated carbocycles. The summed E-state index contributed by atoms with van der Waals surface area (Å²) >= 11 is 0. The molecule has 1 N–H and O–H groups in total. The third kappa shape index (κ3) is 6.57. The highest BCUT2D eigenvalue weighted by Gasteiger charge is 2.23. The van der Waals surface area contributed by atoms with Crippen molar-refractivity contribution in [2.24, 2.45) is 0 Å². The number of nitrogens with zero attached hydrogens (tertiary/aromatic N) is 5. The Balaban J connectivity index is 1.12. The van der Waals surface area contributed by atoms with Crippen molar-refractivity contribution >= 4 is 17.5 Å². The molecule has 8 nitrogen and oxygen atoms in total. The normalized spacial score (nSPS) is 16.7. The molecular formula is C29H36N6O2. The van der Waals surface area contributed by atoms with Crippen molar-refractivity contribution in [3.05, 3.63) is 87.8 Å². The van der Waals surface area contributed by atoms with E-state index in [9.17, 15) is 9.59 Å². The highest BCUT2D eigenvalue weighted by molar-refractivity contribution is 5.76. The monoisotopic (exact) mass is 500 g/mol. The average Bonchev–Trinajstić information content (AvgIpc) is 2.92. The lowest BCUT2D eigenvalue weighted by Gasteiger charge is -2.36. The molecule has 0 bridgehead atoms. The SMILES string of the molecule is Cc1cccc(N2CCN(Cc3cc(=O)[nH]c(N4CCN(C(=O)CCc5ccccc5)CC4)n3)CC2)c1. The standard InChI is InChI=1S/C29H36N6O2/c1-23-6-5-9-26(20-23)33-14-12-32(13-15-33)22-25-21-27(36)31-29(30-25)35-18-16-34(17-19-35)28(37)11-10-24-7-3-2-4-8-24/h2-9,20-21H,10-19,22H2,1H3,(H,30,31,36). The highest BCUT2D eigenvalue weighted by Crippen LogP contribution is 2.19. The van der Waals surface area contributed by atoms with Crippen molar-refractivity contribution in [2.45, 2.75) is 26.3 Å². The van der Waals surface area contributed by atoms with Crippen LogP contribution in [0.25, 0.3) is 0 Å². The van der Waals surface area contributed by atoms with Gasteiger partial charge in [-0.2, -0.15) is 0 Å². The first-order chi connectivity index (χ1) is 18.0. The minimum Gasteiger partial charge on any atom is -0.369 e. The third-order valence-corrected chi connectivity index (χ3v) is 7.31. The molecule has 194 valence electrons. The minimum absolute atomic E-state index is 0.125. The van der Waals surface area contributed by atoms with Crippen LogP contribution in [0, 0.1) is 6.92 Å². The van der Waals surface area contributed by atoms with Crippen molar-refractivity contribution < 1.29 is 4.79 Å². The van der Waals surface area contributed by atoms with Crippen LogP contribution in [-0.4, -0.2) is 78.0 Å². The van der Waals surface area contributed by atoms with Gasteiger partial charge in [-0.15, -0.1) is 0 Å². The summed E-state index contributed by atoms with van der Waals surface area (Å²) in [4.78, 5) is 41.6. The lowest BCUT2D eigenvalue weighted by atomic mass is 10.1. The molecule has 3 aromatic rings. The van der Waals surface area contributed by atoms with E-state index in [-0.39, 0.29) is 11.5 Å². The van der Waals surface area contributed by atoms with E-state index in [1.807, 2.05) is 23.1 Å². The molecule has 5 rings (SSSR count). The van der Waals surface area contributed by atoms with Crippen molar-refractivity contribution in [1.82, 2.24) is 19.8 Å². The fourth-order valence-electron chi connectivity index (χ4n) is 5.16. The Morgan fingerprint density at radius 1 is 0.865 bits per heavy atom. The molecule has 2 saturated heterocycles. The molecule has 0 atom stereocenters. The summed E-state index contributed by atoms with van der Waals surface area (Å²) in [5.74, 6) is 0.792. The maximum Gasteiger partial charge on any atom is 0.252 e. The van der Waals surface area contributed by atoms with E-state index in [0.29, 0.717) is 45.1 Å². The van der Waals surface area contributed by atoms with E-state index >= 15 is 0 Å². The van der Waals surface area contributed by atoms with Gasteiger partial charge in [0.2, 0.25) is 11.9 Å². The molecule has 1 amide bonds. The van der Waals surface area contributed by atoms with Crippen molar-refractivity contribution in [2.75, 3.05) is 62.2 Å². The zero-order valence-corrected chi connectivity index (χ0v) is 21.6. The molecular weight excluding hydrogens is 464 g/mol. The van der Waals surface area contributed by atoms with Crippen molar-refractivity contribution in [3.63, 3.8) is 0 Å². The summed E-state index contributed by atoms with van der Waals surface area (Å²) in [6.45, 7) is 9.18. The number of hydrogen-bond donors (Lipinski definition) is 1. The maximum atomic E-state index is 12.7. The number of nitrogens with one attached hydrogen (secondary N) is 1. The third-order valence-electron chi connectivity index (χ3n) is 7.31. The molecule has 0 radical (unpaired) electrons. The van der Waals surface area contributed by atoms with Crippen LogP contribution in [-0.2, 0) is 17.8 Å². The number of H-pyrrole nitrogens is 1. The second kappa shape index (κ2) is 11.6. The van der Waals surface area contributed by atoms with Gasteiger partial charge in [0.05, 0.1) is 5.69 Å². The molecule has 2 aliphatic heterocycles. The zero-order valence-electron chi connectivity index (χ0n) is 21.6. The van der Waals surface area contributed by atoms with Gasteiger partial charge < -0.3 is 14.7 Å². The Kier molecular flexibility index (Phi) is 7.84. The fourth-order valence-corrected chi connectivity index (χ4v) is 5.16. The maximum absolute atomic E-state index is 12.7. The van der Waals surface area contributed by atoms with E-state index in [0.717, 1.165) is 38.3 Å². The number of anilines is 2. The largest absolute Gasteiger partial charge is 0.369 e. The Bertz CT molecular complexity index is 1240. The number of piperazine rings is 2. The molecule has 1 aromatic heterocycles. The molecule has 0 unspecified atom stereocenters. The fraction of sp³-hybridized carbons (Fsp3) is 0.414. The smallest absolute Gasteiger partial charge is 0.252 e. The summed E-state index contributed by atoms with van der Waals surface area (Å²) in [5.41, 5.74) is 4.40. The molecule has 0 aliphatic carbocycles. The van der Waals surface area contributed by atoms with Crippen LogP contribution in [0.3, 0.4) is 0 Å². The summed E-state index contributed by atoms with van der Waals surface area (Å²) in [7, 11) is 0. The van der Waals surface area contributed by atoms with Gasteiger partial charge in [0, 0.05) is 77.1 Å². The molecule has 2 fully saturated rings. The number of aromatic nitrogens is 2. The highest BCUT2D eigenvalue weighted by atomic mass is 16.2. The van der Waals surface area contributed by atoms with Crippen LogP contribution in [0.4, 0.5) is 11.6 Å². The lowest BCUT2D eigenvalue weighted by Crippen LogP contribution is -2.49. The molecule has 2 aliphatic rings. The van der Waals surface area contributed by atoms with E-state index in [4.69, 9.17) is 4.98 Å². The Morgan fingerprint density at radius 3 is 2.32 bits per heavy atom. The number of aryl methyl sites for hydroxylation is 2. The first kappa shape index (κ1) is 25.0.